The molecule has 3 nitrogen and oxygen atoms in total. The summed E-state index contributed by atoms with van der Waals surface area (Å²) >= 11 is 0. The van der Waals surface area contributed by atoms with Crippen LogP contribution in [0.4, 0.5) is 0 Å². The van der Waals surface area contributed by atoms with Gasteiger partial charge in [0.25, 0.3) is 0 Å². The van der Waals surface area contributed by atoms with E-state index in [1.165, 1.54) is 0 Å². The number of hydrogen-bond donors (Lipinski definition) is 1. The van der Waals surface area contributed by atoms with Gasteiger partial charge in [0.15, 0.2) is 5.78 Å². The van der Waals surface area contributed by atoms with Gasteiger partial charge in [0.1, 0.15) is 0 Å². The lowest BCUT2D eigenvalue weighted by Gasteiger charge is -2.41. The van der Waals surface area contributed by atoms with Crippen LogP contribution in [0.15, 0.2) is 72.8 Å². The van der Waals surface area contributed by atoms with Gasteiger partial charge in [0.2, 0.25) is 0 Å². The summed E-state index contributed by atoms with van der Waals surface area (Å²) in [5, 5.41) is 11.3. The Hall–Kier alpha value is -2.49. The van der Waals surface area contributed by atoms with Crippen LogP contribution in [0.2, 0.25) is 0 Å². The van der Waals surface area contributed by atoms with Crippen molar-refractivity contribution >= 4 is 17.9 Å². The number of carbonyl (C=O) groups is 1. The minimum atomic E-state index is -1.13. The predicted octanol–water partition coefficient (Wildman–Crippen LogP) is 4.06. The second-order valence-corrected chi connectivity index (χ2v) is 7.08. The number of benzene rings is 2. The number of rotatable bonds is 6. The van der Waals surface area contributed by atoms with E-state index in [-0.39, 0.29) is 5.78 Å². The largest absolute Gasteiger partial charge is 0.385 e. The molecule has 1 saturated heterocycles. The van der Waals surface area contributed by atoms with Gasteiger partial charge < -0.3 is 10.0 Å². The Kier molecular flexibility index (Phi) is 6.38. The van der Waals surface area contributed by atoms with E-state index in [1.54, 1.807) is 6.08 Å². The molecule has 140 valence electrons. The molecule has 0 spiro atoms. The molecule has 1 heterocycles. The molecule has 0 aliphatic carbocycles. The standard InChI is InChI=1S/C24H27NO2/c1-2-25-18-17-24(27,16-15-21-11-7-4-8-12-21)22(19-25)23(26)14-13-20-9-5-3-6-10-20/h3-16,22,27H,2,17-19H2,1H3/b14-13-,16-15-/t22-,24+/m0/s1. The van der Waals surface area contributed by atoms with Crippen LogP contribution in [0.5, 0.6) is 0 Å². The summed E-state index contributed by atoms with van der Waals surface area (Å²) in [6, 6.07) is 19.7. The van der Waals surface area contributed by atoms with Crippen LogP contribution in [-0.2, 0) is 4.79 Å². The van der Waals surface area contributed by atoms with E-state index in [4.69, 9.17) is 0 Å². The first-order valence-electron chi connectivity index (χ1n) is 9.57. The Morgan fingerprint density at radius 2 is 1.67 bits per heavy atom. The van der Waals surface area contributed by atoms with Crippen molar-refractivity contribution in [3.8, 4) is 0 Å². The molecule has 2 atom stereocenters. The van der Waals surface area contributed by atoms with Crippen LogP contribution in [0.25, 0.3) is 12.2 Å². The molecule has 0 radical (unpaired) electrons. The number of piperidine rings is 1. The molecule has 0 bridgehead atoms. The van der Waals surface area contributed by atoms with Crippen molar-refractivity contribution in [2.45, 2.75) is 18.9 Å². The minimum absolute atomic E-state index is 0.0304. The van der Waals surface area contributed by atoms with Crippen molar-refractivity contribution in [3.05, 3.63) is 83.9 Å². The molecule has 27 heavy (non-hydrogen) atoms. The maximum Gasteiger partial charge on any atom is 0.163 e. The molecule has 1 fully saturated rings. The lowest BCUT2D eigenvalue weighted by Crippen LogP contribution is -2.53. The first kappa shape index (κ1) is 19.3. The third-order valence-corrected chi connectivity index (χ3v) is 5.27. The number of hydrogen-bond acceptors (Lipinski definition) is 3. The first-order chi connectivity index (χ1) is 13.1. The van der Waals surface area contributed by atoms with Crippen LogP contribution >= 0.6 is 0 Å². The quantitative estimate of drug-likeness (QED) is 0.789. The van der Waals surface area contributed by atoms with Gasteiger partial charge in [-0.25, -0.2) is 0 Å². The van der Waals surface area contributed by atoms with Crippen molar-refractivity contribution in [1.29, 1.82) is 0 Å². The topological polar surface area (TPSA) is 40.5 Å². The zero-order valence-corrected chi connectivity index (χ0v) is 15.8. The number of allylic oxidation sites excluding steroid dienone is 1. The van der Waals surface area contributed by atoms with E-state index in [2.05, 4.69) is 11.8 Å². The van der Waals surface area contributed by atoms with Crippen LogP contribution in [0.3, 0.4) is 0 Å². The third-order valence-electron chi connectivity index (χ3n) is 5.27. The summed E-state index contributed by atoms with van der Waals surface area (Å²) in [5.41, 5.74) is 0.881. The van der Waals surface area contributed by atoms with Gasteiger partial charge in [-0.3, -0.25) is 4.79 Å². The summed E-state index contributed by atoms with van der Waals surface area (Å²) in [7, 11) is 0. The monoisotopic (exact) mass is 361 g/mol. The Morgan fingerprint density at radius 1 is 1.07 bits per heavy atom. The molecular weight excluding hydrogens is 334 g/mol. The van der Waals surface area contributed by atoms with Gasteiger partial charge in [0, 0.05) is 13.1 Å². The van der Waals surface area contributed by atoms with E-state index in [1.807, 2.05) is 78.9 Å². The maximum atomic E-state index is 13.0. The van der Waals surface area contributed by atoms with E-state index >= 15 is 0 Å². The fourth-order valence-corrected chi connectivity index (χ4v) is 3.51. The zero-order valence-electron chi connectivity index (χ0n) is 15.8. The molecule has 0 saturated carbocycles. The van der Waals surface area contributed by atoms with E-state index in [0.717, 1.165) is 24.2 Å². The van der Waals surface area contributed by atoms with Gasteiger partial charge in [-0.05, 0) is 30.2 Å². The molecule has 0 unspecified atom stereocenters. The fraction of sp³-hybridized carbons (Fsp3) is 0.292. The maximum absolute atomic E-state index is 13.0. The predicted molar refractivity (Wildman–Crippen MR) is 111 cm³/mol. The van der Waals surface area contributed by atoms with E-state index in [9.17, 15) is 9.90 Å². The molecule has 3 rings (SSSR count). The average Bonchev–Trinajstić information content (AvgIpc) is 2.72. The van der Waals surface area contributed by atoms with Crippen molar-refractivity contribution in [2.24, 2.45) is 5.92 Å². The molecule has 3 heteroatoms. The molecular formula is C24H27NO2. The van der Waals surface area contributed by atoms with Gasteiger partial charge in [-0.15, -0.1) is 0 Å². The summed E-state index contributed by atoms with van der Waals surface area (Å²) < 4.78 is 0. The van der Waals surface area contributed by atoms with Crippen LogP contribution in [-0.4, -0.2) is 41.0 Å². The number of carbonyl (C=O) groups excluding carboxylic acids is 1. The lowest BCUT2D eigenvalue weighted by atomic mass is 9.77. The highest BCUT2D eigenvalue weighted by Gasteiger charge is 2.42. The molecule has 0 amide bonds. The summed E-state index contributed by atoms with van der Waals surface area (Å²) in [5.74, 6) is -0.497. The average molecular weight is 361 g/mol. The number of likely N-dealkylation sites (tertiary alicyclic amines) is 1. The number of ketones is 1. The number of nitrogens with zero attached hydrogens (tertiary/aromatic N) is 1. The molecule has 1 aliphatic heterocycles. The Labute approximate surface area is 161 Å². The highest BCUT2D eigenvalue weighted by atomic mass is 16.3. The third kappa shape index (κ3) is 5.03. The van der Waals surface area contributed by atoms with Crippen molar-refractivity contribution in [1.82, 2.24) is 4.90 Å². The SMILES string of the molecule is CCN1CC[C@](O)(/C=C\c2ccccc2)[C@H](C(=O)/C=C\c2ccccc2)C1. The Balaban J connectivity index is 1.81. The number of aliphatic hydroxyl groups is 1. The molecule has 1 aliphatic rings. The van der Waals surface area contributed by atoms with Gasteiger partial charge >= 0.3 is 0 Å². The summed E-state index contributed by atoms with van der Waals surface area (Å²) in [6.45, 7) is 4.33. The molecule has 1 N–H and O–H groups in total. The highest BCUT2D eigenvalue weighted by Crippen LogP contribution is 2.31. The summed E-state index contributed by atoms with van der Waals surface area (Å²) in [4.78, 5) is 15.2. The van der Waals surface area contributed by atoms with E-state index in [0.29, 0.717) is 13.0 Å². The summed E-state index contributed by atoms with van der Waals surface area (Å²) in [6.07, 6.45) is 7.73. The molecule has 2 aromatic carbocycles. The first-order valence-corrected chi connectivity index (χ1v) is 9.57. The van der Waals surface area contributed by atoms with Crippen LogP contribution < -0.4 is 0 Å². The van der Waals surface area contributed by atoms with Gasteiger partial charge in [-0.1, -0.05) is 85.8 Å². The second kappa shape index (κ2) is 8.94. The Bertz CT molecular complexity index is 798. The lowest BCUT2D eigenvalue weighted by molar-refractivity contribution is -0.129. The zero-order chi connectivity index (χ0) is 19.1. The van der Waals surface area contributed by atoms with Crippen LogP contribution in [0, 0.1) is 5.92 Å². The fourth-order valence-electron chi connectivity index (χ4n) is 3.51. The van der Waals surface area contributed by atoms with Gasteiger partial charge in [-0.2, -0.15) is 0 Å². The van der Waals surface area contributed by atoms with Crippen molar-refractivity contribution in [2.75, 3.05) is 19.6 Å². The smallest absolute Gasteiger partial charge is 0.163 e. The van der Waals surface area contributed by atoms with Gasteiger partial charge in [0.05, 0.1) is 11.5 Å². The Morgan fingerprint density at radius 3 is 2.26 bits per heavy atom. The molecule has 2 aromatic rings. The normalized spacial score (nSPS) is 23.9. The molecule has 0 aromatic heterocycles. The second-order valence-electron chi connectivity index (χ2n) is 7.08. The van der Waals surface area contributed by atoms with E-state index < -0.39 is 11.5 Å². The van der Waals surface area contributed by atoms with Crippen LogP contribution in [0.1, 0.15) is 24.5 Å². The van der Waals surface area contributed by atoms with Crippen molar-refractivity contribution < 1.29 is 9.90 Å². The van der Waals surface area contributed by atoms with Crippen molar-refractivity contribution in [3.63, 3.8) is 0 Å². The highest BCUT2D eigenvalue weighted by molar-refractivity contribution is 5.96. The minimum Gasteiger partial charge on any atom is -0.385 e.